The Bertz CT molecular complexity index is 738. The number of hydrogen-bond acceptors (Lipinski definition) is 5. The summed E-state index contributed by atoms with van der Waals surface area (Å²) in [5, 5.41) is 9.17. The summed E-state index contributed by atoms with van der Waals surface area (Å²) < 4.78 is 0.975. The number of carbonyl (C=O) groups is 1. The van der Waals surface area contributed by atoms with Crippen LogP contribution < -0.4 is 0 Å². The van der Waals surface area contributed by atoms with Crippen LogP contribution in [0.2, 0.25) is 0 Å². The Hall–Kier alpha value is -2.25. The van der Waals surface area contributed by atoms with Crippen LogP contribution in [0.5, 0.6) is 0 Å². The average molecular weight is 302 g/mol. The van der Waals surface area contributed by atoms with Crippen LogP contribution in [0.15, 0.2) is 36.1 Å². The molecule has 108 valence electrons. The number of imidazole rings is 1. The van der Waals surface area contributed by atoms with E-state index in [-0.39, 0.29) is 19.1 Å². The highest BCUT2D eigenvalue weighted by Gasteiger charge is 2.17. The van der Waals surface area contributed by atoms with E-state index in [2.05, 4.69) is 15.0 Å². The maximum Gasteiger partial charge on any atom is 0.254 e. The number of aromatic amines is 1. The van der Waals surface area contributed by atoms with E-state index >= 15 is 0 Å². The van der Waals surface area contributed by atoms with Gasteiger partial charge in [0.15, 0.2) is 0 Å². The molecule has 0 aliphatic rings. The molecule has 6 nitrogen and oxygen atoms in total. The van der Waals surface area contributed by atoms with Gasteiger partial charge in [0.05, 0.1) is 28.9 Å². The van der Waals surface area contributed by atoms with Crippen molar-refractivity contribution in [3.05, 3.63) is 47.5 Å². The van der Waals surface area contributed by atoms with Gasteiger partial charge in [-0.3, -0.25) is 4.79 Å². The Balaban J connectivity index is 1.85. The number of nitrogens with one attached hydrogen (secondary N) is 1. The molecule has 0 atom stereocenters. The number of thiazole rings is 1. The van der Waals surface area contributed by atoms with E-state index in [0.29, 0.717) is 17.9 Å². The predicted octanol–water partition coefficient (Wildman–Crippen LogP) is 1.65. The van der Waals surface area contributed by atoms with Crippen molar-refractivity contribution in [2.45, 2.75) is 6.54 Å². The highest BCUT2D eigenvalue weighted by Crippen LogP contribution is 2.20. The zero-order valence-electron chi connectivity index (χ0n) is 11.2. The molecule has 7 heteroatoms. The van der Waals surface area contributed by atoms with Gasteiger partial charge in [-0.15, -0.1) is 11.3 Å². The first-order valence-corrected chi connectivity index (χ1v) is 7.37. The van der Waals surface area contributed by atoms with Gasteiger partial charge in [-0.1, -0.05) is 0 Å². The van der Waals surface area contributed by atoms with Gasteiger partial charge < -0.3 is 15.0 Å². The van der Waals surface area contributed by atoms with Gasteiger partial charge in [-0.25, -0.2) is 9.97 Å². The fourth-order valence-electron chi connectivity index (χ4n) is 2.11. The summed E-state index contributed by atoms with van der Waals surface area (Å²) in [6.45, 7) is 0.517. The van der Waals surface area contributed by atoms with Gasteiger partial charge in [-0.05, 0) is 18.2 Å². The van der Waals surface area contributed by atoms with Crippen molar-refractivity contribution in [2.24, 2.45) is 0 Å². The highest BCUT2D eigenvalue weighted by molar-refractivity contribution is 7.16. The van der Waals surface area contributed by atoms with Crippen molar-refractivity contribution in [3.8, 4) is 0 Å². The van der Waals surface area contributed by atoms with Crippen molar-refractivity contribution in [1.29, 1.82) is 0 Å². The third kappa shape index (κ3) is 2.93. The quantitative estimate of drug-likeness (QED) is 0.751. The summed E-state index contributed by atoms with van der Waals surface area (Å²) in [4.78, 5) is 25.4. The van der Waals surface area contributed by atoms with Crippen molar-refractivity contribution in [2.75, 3.05) is 13.2 Å². The molecule has 1 aromatic carbocycles. The molecule has 0 aliphatic heterocycles. The number of carbonyl (C=O) groups excluding carboxylic acids is 1. The van der Waals surface area contributed by atoms with Gasteiger partial charge >= 0.3 is 0 Å². The molecule has 0 bridgehead atoms. The molecule has 0 saturated carbocycles. The van der Waals surface area contributed by atoms with Crippen LogP contribution in [0.25, 0.3) is 10.2 Å². The van der Waals surface area contributed by atoms with Gasteiger partial charge in [-0.2, -0.15) is 0 Å². The third-order valence-corrected chi connectivity index (χ3v) is 3.92. The van der Waals surface area contributed by atoms with Crippen LogP contribution in [0.1, 0.15) is 16.2 Å². The molecule has 2 aromatic heterocycles. The smallest absolute Gasteiger partial charge is 0.254 e. The number of aliphatic hydroxyl groups excluding tert-OH is 1. The lowest BCUT2D eigenvalue weighted by molar-refractivity contribution is 0.0703. The van der Waals surface area contributed by atoms with E-state index < -0.39 is 0 Å². The molecule has 0 aliphatic carbocycles. The van der Waals surface area contributed by atoms with Crippen molar-refractivity contribution < 1.29 is 9.90 Å². The first-order valence-electron chi connectivity index (χ1n) is 6.49. The second-order valence-corrected chi connectivity index (χ2v) is 5.41. The minimum Gasteiger partial charge on any atom is -0.395 e. The Morgan fingerprint density at radius 3 is 3.05 bits per heavy atom. The number of benzene rings is 1. The SMILES string of the molecule is O=C(c1ccc2ncsc2c1)N(CCO)Cc1ncc[nH]1. The summed E-state index contributed by atoms with van der Waals surface area (Å²) in [7, 11) is 0. The van der Waals surface area contributed by atoms with Crippen LogP contribution in [0.4, 0.5) is 0 Å². The maximum absolute atomic E-state index is 12.6. The molecule has 2 heterocycles. The zero-order valence-corrected chi connectivity index (χ0v) is 12.0. The maximum atomic E-state index is 12.6. The molecule has 0 saturated heterocycles. The average Bonchev–Trinajstić information content (AvgIpc) is 3.16. The minimum absolute atomic E-state index is 0.0880. The molecule has 0 unspecified atom stereocenters. The summed E-state index contributed by atoms with van der Waals surface area (Å²) in [6, 6.07) is 5.43. The van der Waals surface area contributed by atoms with Crippen LogP contribution >= 0.6 is 11.3 Å². The molecule has 0 spiro atoms. The molecule has 0 radical (unpaired) electrons. The van der Waals surface area contributed by atoms with E-state index in [1.165, 1.54) is 11.3 Å². The Morgan fingerprint density at radius 2 is 2.29 bits per heavy atom. The lowest BCUT2D eigenvalue weighted by atomic mass is 10.2. The number of hydrogen-bond donors (Lipinski definition) is 2. The second kappa shape index (κ2) is 6.02. The molecular formula is C14H14N4O2S. The van der Waals surface area contributed by atoms with Crippen molar-refractivity contribution in [1.82, 2.24) is 19.9 Å². The van der Waals surface area contributed by atoms with E-state index in [1.807, 2.05) is 12.1 Å². The number of nitrogens with zero attached hydrogens (tertiary/aromatic N) is 3. The molecule has 2 N–H and O–H groups in total. The molecule has 3 rings (SSSR count). The van der Waals surface area contributed by atoms with E-state index in [1.54, 1.807) is 28.9 Å². The van der Waals surface area contributed by atoms with Crippen molar-refractivity contribution >= 4 is 27.5 Å². The lowest BCUT2D eigenvalue weighted by Gasteiger charge is -2.20. The standard InChI is InChI=1S/C14H14N4O2S/c19-6-5-18(8-13-15-3-4-16-13)14(20)10-1-2-11-12(7-10)21-9-17-11/h1-4,7,9,19H,5-6,8H2,(H,15,16). The van der Waals surface area contributed by atoms with Gasteiger partial charge in [0.1, 0.15) is 5.82 Å². The normalized spacial score (nSPS) is 10.9. The van der Waals surface area contributed by atoms with Gasteiger partial charge in [0, 0.05) is 24.5 Å². The van der Waals surface area contributed by atoms with Crippen molar-refractivity contribution in [3.63, 3.8) is 0 Å². The number of H-pyrrole nitrogens is 1. The molecule has 3 aromatic rings. The Morgan fingerprint density at radius 1 is 1.38 bits per heavy atom. The largest absolute Gasteiger partial charge is 0.395 e. The van der Waals surface area contributed by atoms with Crippen LogP contribution in [-0.2, 0) is 6.54 Å². The number of aliphatic hydroxyl groups is 1. The van der Waals surface area contributed by atoms with Gasteiger partial charge in [0.25, 0.3) is 5.91 Å². The zero-order chi connectivity index (χ0) is 14.7. The molecule has 1 amide bonds. The van der Waals surface area contributed by atoms with Crippen LogP contribution in [0.3, 0.4) is 0 Å². The topological polar surface area (TPSA) is 82.1 Å². The van der Waals surface area contributed by atoms with Gasteiger partial charge in [0.2, 0.25) is 0 Å². The molecule has 21 heavy (non-hydrogen) atoms. The van der Waals surface area contributed by atoms with Crippen LogP contribution in [-0.4, -0.2) is 44.0 Å². The highest BCUT2D eigenvalue weighted by atomic mass is 32.1. The monoisotopic (exact) mass is 302 g/mol. The second-order valence-electron chi connectivity index (χ2n) is 4.52. The van der Waals surface area contributed by atoms with E-state index in [9.17, 15) is 4.79 Å². The Kier molecular flexibility index (Phi) is 3.94. The van der Waals surface area contributed by atoms with E-state index in [4.69, 9.17) is 5.11 Å². The fraction of sp³-hybridized carbons (Fsp3) is 0.214. The summed E-state index contributed by atoms with van der Waals surface area (Å²) >= 11 is 1.50. The first kappa shape index (κ1) is 13.7. The number of aromatic nitrogens is 3. The molecular weight excluding hydrogens is 288 g/mol. The number of fused-ring (bicyclic) bond motifs is 1. The third-order valence-electron chi connectivity index (χ3n) is 3.13. The van der Waals surface area contributed by atoms with E-state index in [0.717, 1.165) is 10.2 Å². The predicted molar refractivity (Wildman–Crippen MR) is 80.0 cm³/mol. The Labute approximate surface area is 125 Å². The summed E-state index contributed by atoms with van der Waals surface area (Å²) in [5.74, 6) is 0.561. The lowest BCUT2D eigenvalue weighted by Crippen LogP contribution is -2.33. The summed E-state index contributed by atoms with van der Waals surface area (Å²) in [5.41, 5.74) is 3.23. The van der Waals surface area contributed by atoms with Crippen LogP contribution in [0, 0.1) is 0 Å². The first-order chi connectivity index (χ1) is 10.3. The molecule has 0 fully saturated rings. The number of amides is 1. The minimum atomic E-state index is -0.129. The summed E-state index contributed by atoms with van der Waals surface area (Å²) in [6.07, 6.45) is 3.35. The fourth-order valence-corrected chi connectivity index (χ4v) is 2.83. The number of rotatable bonds is 5.